The molecule has 0 spiro atoms. The maximum atomic E-state index is 12.5. The van der Waals surface area contributed by atoms with Gasteiger partial charge in [0.1, 0.15) is 6.07 Å². The van der Waals surface area contributed by atoms with E-state index < -0.39 is 11.7 Å². The summed E-state index contributed by atoms with van der Waals surface area (Å²) in [5.74, 6) is 0. The normalized spacial score (nSPS) is 16.0. The molecule has 1 aromatic rings. The second-order valence-corrected chi connectivity index (χ2v) is 3.90. The Labute approximate surface area is 96.5 Å². The predicted octanol–water partition coefficient (Wildman–Crippen LogP) is 2.57. The van der Waals surface area contributed by atoms with Crippen molar-refractivity contribution < 1.29 is 13.2 Å². The molecule has 17 heavy (non-hydrogen) atoms. The molecule has 0 atom stereocenters. The number of halogens is 3. The molecule has 0 aromatic carbocycles. The molecule has 1 saturated heterocycles. The molecule has 0 N–H and O–H groups in total. The summed E-state index contributed by atoms with van der Waals surface area (Å²) in [6.07, 6.45) is -1.85. The average Bonchev–Trinajstić information content (AvgIpc) is 2.80. The SMILES string of the molecule is N#Cc1ncc(C(F)(F)F)cc1N1CCCC1. The summed E-state index contributed by atoms with van der Waals surface area (Å²) in [5, 5.41) is 8.85. The van der Waals surface area contributed by atoms with E-state index in [1.807, 2.05) is 6.07 Å². The van der Waals surface area contributed by atoms with Crippen LogP contribution >= 0.6 is 0 Å². The van der Waals surface area contributed by atoms with E-state index in [2.05, 4.69) is 4.98 Å². The summed E-state index contributed by atoms with van der Waals surface area (Å²) in [6, 6.07) is 2.84. The van der Waals surface area contributed by atoms with Crippen LogP contribution in [0, 0.1) is 11.3 Å². The van der Waals surface area contributed by atoms with Crippen LogP contribution in [0.2, 0.25) is 0 Å². The van der Waals surface area contributed by atoms with Gasteiger partial charge in [0.2, 0.25) is 0 Å². The molecule has 90 valence electrons. The summed E-state index contributed by atoms with van der Waals surface area (Å²) in [5.41, 5.74) is -0.460. The highest BCUT2D eigenvalue weighted by Crippen LogP contribution is 2.33. The first-order valence-corrected chi connectivity index (χ1v) is 5.24. The quantitative estimate of drug-likeness (QED) is 0.758. The minimum absolute atomic E-state index is 0.0555. The van der Waals surface area contributed by atoms with E-state index in [0.717, 1.165) is 18.9 Å². The third-order valence-electron chi connectivity index (χ3n) is 2.75. The second kappa shape index (κ2) is 4.24. The summed E-state index contributed by atoms with van der Waals surface area (Å²) in [4.78, 5) is 5.36. The summed E-state index contributed by atoms with van der Waals surface area (Å²) in [7, 11) is 0. The fourth-order valence-electron chi connectivity index (χ4n) is 1.89. The van der Waals surface area contributed by atoms with Crippen molar-refractivity contribution >= 4 is 5.69 Å². The molecule has 1 aliphatic rings. The van der Waals surface area contributed by atoms with Gasteiger partial charge in [0.05, 0.1) is 11.3 Å². The molecule has 1 fully saturated rings. The molecular weight excluding hydrogens is 231 g/mol. The highest BCUT2D eigenvalue weighted by molar-refractivity contribution is 5.58. The summed E-state index contributed by atoms with van der Waals surface area (Å²) in [6.45, 7) is 1.36. The van der Waals surface area contributed by atoms with Crippen LogP contribution in [0.15, 0.2) is 12.3 Å². The van der Waals surface area contributed by atoms with E-state index in [0.29, 0.717) is 25.0 Å². The van der Waals surface area contributed by atoms with Gasteiger partial charge < -0.3 is 4.90 Å². The molecule has 2 heterocycles. The van der Waals surface area contributed by atoms with E-state index in [1.54, 1.807) is 4.90 Å². The number of rotatable bonds is 1. The maximum Gasteiger partial charge on any atom is 0.417 e. The number of nitriles is 1. The summed E-state index contributed by atoms with van der Waals surface area (Å²) < 4.78 is 37.6. The molecule has 1 aliphatic heterocycles. The van der Waals surface area contributed by atoms with Crippen molar-refractivity contribution in [3.05, 3.63) is 23.5 Å². The molecule has 0 amide bonds. The van der Waals surface area contributed by atoms with Crippen LogP contribution in [0.25, 0.3) is 0 Å². The Morgan fingerprint density at radius 3 is 2.47 bits per heavy atom. The average molecular weight is 241 g/mol. The van der Waals surface area contributed by atoms with Crippen molar-refractivity contribution in [3.63, 3.8) is 0 Å². The smallest absolute Gasteiger partial charge is 0.369 e. The number of hydrogen-bond acceptors (Lipinski definition) is 3. The first-order valence-electron chi connectivity index (χ1n) is 5.24. The Bertz CT molecular complexity index is 456. The number of pyridine rings is 1. The van der Waals surface area contributed by atoms with Crippen LogP contribution in [0.5, 0.6) is 0 Å². The molecule has 6 heteroatoms. The van der Waals surface area contributed by atoms with Crippen LogP contribution < -0.4 is 4.90 Å². The number of anilines is 1. The lowest BCUT2D eigenvalue weighted by Crippen LogP contribution is -2.20. The van der Waals surface area contributed by atoms with Gasteiger partial charge in [-0.3, -0.25) is 0 Å². The molecule has 0 bridgehead atoms. The number of aromatic nitrogens is 1. The van der Waals surface area contributed by atoms with E-state index >= 15 is 0 Å². The topological polar surface area (TPSA) is 39.9 Å². The van der Waals surface area contributed by atoms with Gasteiger partial charge in [-0.15, -0.1) is 0 Å². The van der Waals surface area contributed by atoms with Crippen LogP contribution in [0.4, 0.5) is 18.9 Å². The molecule has 3 nitrogen and oxygen atoms in total. The Morgan fingerprint density at radius 1 is 1.29 bits per heavy atom. The Balaban J connectivity index is 2.43. The van der Waals surface area contributed by atoms with Crippen LogP contribution in [-0.2, 0) is 6.18 Å². The predicted molar refractivity (Wildman–Crippen MR) is 55.4 cm³/mol. The standard InChI is InChI=1S/C11H10F3N3/c12-11(13,14)8-5-10(9(6-15)16-7-8)17-3-1-2-4-17/h5,7H,1-4H2. The minimum atomic E-state index is -4.42. The zero-order valence-corrected chi connectivity index (χ0v) is 8.96. The summed E-state index contributed by atoms with van der Waals surface area (Å²) >= 11 is 0. The van der Waals surface area contributed by atoms with Crippen molar-refractivity contribution in [2.75, 3.05) is 18.0 Å². The van der Waals surface area contributed by atoms with Crippen molar-refractivity contribution in [1.82, 2.24) is 4.98 Å². The van der Waals surface area contributed by atoms with Gasteiger partial charge in [0.15, 0.2) is 5.69 Å². The lowest BCUT2D eigenvalue weighted by molar-refractivity contribution is -0.137. The fraction of sp³-hybridized carbons (Fsp3) is 0.455. The van der Waals surface area contributed by atoms with Crippen LogP contribution in [-0.4, -0.2) is 18.1 Å². The van der Waals surface area contributed by atoms with Gasteiger partial charge >= 0.3 is 6.18 Å². The van der Waals surface area contributed by atoms with Crippen molar-refractivity contribution in [2.24, 2.45) is 0 Å². The highest BCUT2D eigenvalue weighted by Gasteiger charge is 2.32. The Kier molecular flexibility index (Phi) is 2.92. The van der Waals surface area contributed by atoms with E-state index in [1.165, 1.54) is 0 Å². The largest absolute Gasteiger partial charge is 0.417 e. The third-order valence-corrected chi connectivity index (χ3v) is 2.75. The first kappa shape index (κ1) is 11.7. The first-order chi connectivity index (χ1) is 8.02. The van der Waals surface area contributed by atoms with E-state index in [-0.39, 0.29) is 5.69 Å². The molecule has 0 radical (unpaired) electrons. The number of hydrogen-bond donors (Lipinski definition) is 0. The molecular formula is C11H10F3N3. The zero-order chi connectivity index (χ0) is 12.5. The minimum Gasteiger partial charge on any atom is -0.369 e. The maximum absolute atomic E-state index is 12.5. The Morgan fingerprint density at radius 2 is 1.94 bits per heavy atom. The van der Waals surface area contributed by atoms with Gasteiger partial charge in [-0.2, -0.15) is 18.4 Å². The van der Waals surface area contributed by atoms with Crippen LogP contribution in [0.1, 0.15) is 24.1 Å². The second-order valence-electron chi connectivity index (χ2n) is 3.90. The molecule has 0 aliphatic carbocycles. The molecule has 0 unspecified atom stereocenters. The van der Waals surface area contributed by atoms with Gasteiger partial charge in [-0.05, 0) is 18.9 Å². The van der Waals surface area contributed by atoms with Crippen LogP contribution in [0.3, 0.4) is 0 Å². The highest BCUT2D eigenvalue weighted by atomic mass is 19.4. The lowest BCUT2D eigenvalue weighted by Gasteiger charge is -2.19. The van der Waals surface area contributed by atoms with Gasteiger partial charge in [-0.1, -0.05) is 0 Å². The lowest BCUT2D eigenvalue weighted by atomic mass is 10.2. The van der Waals surface area contributed by atoms with Crippen molar-refractivity contribution in [1.29, 1.82) is 5.26 Å². The molecule has 1 aromatic heterocycles. The van der Waals surface area contributed by atoms with Crippen molar-refractivity contribution in [3.8, 4) is 6.07 Å². The third kappa shape index (κ3) is 2.33. The van der Waals surface area contributed by atoms with Crippen molar-refractivity contribution in [2.45, 2.75) is 19.0 Å². The van der Waals surface area contributed by atoms with Gasteiger partial charge in [0, 0.05) is 19.3 Å². The fourth-order valence-corrected chi connectivity index (χ4v) is 1.89. The zero-order valence-electron chi connectivity index (χ0n) is 8.96. The Hall–Kier alpha value is -1.77. The monoisotopic (exact) mass is 241 g/mol. The van der Waals surface area contributed by atoms with Gasteiger partial charge in [-0.25, -0.2) is 4.98 Å². The molecule has 0 saturated carbocycles. The van der Waals surface area contributed by atoms with Gasteiger partial charge in [0.25, 0.3) is 0 Å². The number of alkyl halides is 3. The van der Waals surface area contributed by atoms with E-state index in [9.17, 15) is 13.2 Å². The molecule has 2 rings (SSSR count). The van der Waals surface area contributed by atoms with E-state index in [4.69, 9.17) is 5.26 Å². The number of nitrogens with zero attached hydrogens (tertiary/aromatic N) is 3.